The predicted octanol–water partition coefficient (Wildman–Crippen LogP) is 2.52. The number of nitrogens with two attached hydrogens (primary N) is 1. The summed E-state index contributed by atoms with van der Waals surface area (Å²) in [6, 6.07) is 8.08. The Balaban J connectivity index is 2.12. The van der Waals surface area contributed by atoms with Crippen molar-refractivity contribution in [3.05, 3.63) is 29.3 Å². The summed E-state index contributed by atoms with van der Waals surface area (Å²) in [7, 11) is 0. The third-order valence-electron chi connectivity index (χ3n) is 3.22. The zero-order valence-corrected chi connectivity index (χ0v) is 10.1. The SMILES string of the molecule is Cc1ccc(C#N)c(OC2CCCC(N)C2)c1. The topological polar surface area (TPSA) is 59.0 Å². The summed E-state index contributed by atoms with van der Waals surface area (Å²) in [5, 5.41) is 9.04. The molecule has 3 heteroatoms. The minimum absolute atomic E-state index is 0.160. The van der Waals surface area contributed by atoms with Gasteiger partial charge in [-0.1, -0.05) is 6.07 Å². The maximum absolute atomic E-state index is 9.04. The highest BCUT2D eigenvalue weighted by Crippen LogP contribution is 2.26. The Labute approximate surface area is 102 Å². The molecule has 1 aromatic carbocycles. The Morgan fingerprint density at radius 3 is 2.94 bits per heavy atom. The van der Waals surface area contributed by atoms with Gasteiger partial charge in [0.05, 0.1) is 5.56 Å². The van der Waals surface area contributed by atoms with E-state index >= 15 is 0 Å². The van der Waals surface area contributed by atoms with Crippen LogP contribution in [0.3, 0.4) is 0 Å². The molecule has 2 atom stereocenters. The molecule has 0 bridgehead atoms. The third-order valence-corrected chi connectivity index (χ3v) is 3.22. The molecule has 0 saturated heterocycles. The molecule has 0 amide bonds. The van der Waals surface area contributed by atoms with E-state index in [-0.39, 0.29) is 12.1 Å². The van der Waals surface area contributed by atoms with Crippen LogP contribution in [0.25, 0.3) is 0 Å². The van der Waals surface area contributed by atoms with Gasteiger partial charge >= 0.3 is 0 Å². The molecule has 17 heavy (non-hydrogen) atoms. The normalized spacial score (nSPS) is 24.1. The molecule has 1 fully saturated rings. The molecule has 0 spiro atoms. The number of nitriles is 1. The van der Waals surface area contributed by atoms with E-state index in [4.69, 9.17) is 15.7 Å². The molecule has 2 unspecified atom stereocenters. The first-order valence-corrected chi connectivity index (χ1v) is 6.12. The average molecular weight is 230 g/mol. The molecule has 1 aromatic rings. The second kappa shape index (κ2) is 5.20. The van der Waals surface area contributed by atoms with E-state index < -0.39 is 0 Å². The van der Waals surface area contributed by atoms with Gasteiger partial charge in [0, 0.05) is 6.04 Å². The molecule has 1 saturated carbocycles. The Morgan fingerprint density at radius 2 is 2.24 bits per heavy atom. The van der Waals surface area contributed by atoms with Crippen molar-refractivity contribution >= 4 is 0 Å². The van der Waals surface area contributed by atoms with Crippen LogP contribution < -0.4 is 10.5 Å². The van der Waals surface area contributed by atoms with E-state index in [1.807, 2.05) is 25.1 Å². The van der Waals surface area contributed by atoms with Crippen molar-refractivity contribution in [2.75, 3.05) is 0 Å². The molecular formula is C14H18N2O. The molecule has 2 N–H and O–H groups in total. The molecule has 90 valence electrons. The molecule has 0 aliphatic heterocycles. The molecule has 0 radical (unpaired) electrons. The Morgan fingerprint density at radius 1 is 1.41 bits per heavy atom. The Bertz CT molecular complexity index is 436. The molecule has 1 aliphatic rings. The fourth-order valence-electron chi connectivity index (χ4n) is 2.29. The van der Waals surface area contributed by atoms with Gasteiger partial charge in [-0.05, 0) is 50.3 Å². The van der Waals surface area contributed by atoms with Crippen molar-refractivity contribution in [2.24, 2.45) is 5.73 Å². The lowest BCUT2D eigenvalue weighted by atomic mass is 9.93. The van der Waals surface area contributed by atoms with Crippen molar-refractivity contribution in [2.45, 2.75) is 44.8 Å². The van der Waals surface area contributed by atoms with Gasteiger partial charge in [-0.2, -0.15) is 5.26 Å². The highest BCUT2D eigenvalue weighted by Gasteiger charge is 2.21. The molecule has 1 aliphatic carbocycles. The standard InChI is InChI=1S/C14H18N2O/c1-10-5-6-11(9-15)14(7-10)17-13-4-2-3-12(16)8-13/h5-7,12-13H,2-4,8,16H2,1H3. The van der Waals surface area contributed by atoms with Crippen molar-refractivity contribution in [1.82, 2.24) is 0 Å². The number of nitrogens with zero attached hydrogens (tertiary/aromatic N) is 1. The summed E-state index contributed by atoms with van der Waals surface area (Å²) in [5.41, 5.74) is 7.65. The van der Waals surface area contributed by atoms with E-state index in [0.29, 0.717) is 11.3 Å². The van der Waals surface area contributed by atoms with Crippen LogP contribution >= 0.6 is 0 Å². The molecule has 0 aromatic heterocycles. The Kier molecular flexibility index (Phi) is 3.65. The fraction of sp³-hybridized carbons (Fsp3) is 0.500. The number of benzene rings is 1. The smallest absolute Gasteiger partial charge is 0.137 e. The van der Waals surface area contributed by atoms with Crippen LogP contribution in [0.2, 0.25) is 0 Å². The second-order valence-corrected chi connectivity index (χ2v) is 4.78. The van der Waals surface area contributed by atoms with Gasteiger partial charge in [-0.15, -0.1) is 0 Å². The van der Waals surface area contributed by atoms with Crippen LogP contribution in [-0.4, -0.2) is 12.1 Å². The van der Waals surface area contributed by atoms with E-state index in [9.17, 15) is 0 Å². The van der Waals surface area contributed by atoms with Crippen molar-refractivity contribution in [3.63, 3.8) is 0 Å². The van der Waals surface area contributed by atoms with E-state index in [1.165, 1.54) is 0 Å². The van der Waals surface area contributed by atoms with Crippen LogP contribution in [0.1, 0.15) is 36.8 Å². The van der Waals surface area contributed by atoms with Gasteiger partial charge in [-0.3, -0.25) is 0 Å². The minimum Gasteiger partial charge on any atom is -0.489 e. The van der Waals surface area contributed by atoms with Crippen molar-refractivity contribution in [3.8, 4) is 11.8 Å². The number of hydrogen-bond acceptors (Lipinski definition) is 3. The van der Waals surface area contributed by atoms with Gasteiger partial charge in [0.2, 0.25) is 0 Å². The molecule has 2 rings (SSSR count). The first-order chi connectivity index (χ1) is 8.19. The Hall–Kier alpha value is -1.53. The van der Waals surface area contributed by atoms with Crippen LogP contribution in [0.4, 0.5) is 0 Å². The fourth-order valence-corrected chi connectivity index (χ4v) is 2.29. The van der Waals surface area contributed by atoms with Gasteiger partial charge in [-0.25, -0.2) is 0 Å². The zero-order valence-electron chi connectivity index (χ0n) is 10.1. The maximum atomic E-state index is 9.04. The van der Waals surface area contributed by atoms with Crippen LogP contribution in [0, 0.1) is 18.3 Å². The van der Waals surface area contributed by atoms with Gasteiger partial charge in [0.15, 0.2) is 0 Å². The van der Waals surface area contributed by atoms with Gasteiger partial charge in [0.25, 0.3) is 0 Å². The summed E-state index contributed by atoms with van der Waals surface area (Å²) < 4.78 is 5.93. The monoisotopic (exact) mass is 230 g/mol. The zero-order chi connectivity index (χ0) is 12.3. The minimum atomic E-state index is 0.160. The first kappa shape index (κ1) is 11.9. The van der Waals surface area contributed by atoms with Crippen LogP contribution in [0.5, 0.6) is 5.75 Å². The van der Waals surface area contributed by atoms with E-state index in [1.54, 1.807) is 0 Å². The van der Waals surface area contributed by atoms with E-state index in [0.717, 1.165) is 31.2 Å². The largest absolute Gasteiger partial charge is 0.489 e. The molecule has 0 heterocycles. The van der Waals surface area contributed by atoms with Crippen LogP contribution in [0.15, 0.2) is 18.2 Å². The lowest BCUT2D eigenvalue weighted by molar-refractivity contribution is 0.144. The quantitative estimate of drug-likeness (QED) is 0.849. The van der Waals surface area contributed by atoms with Crippen LogP contribution in [-0.2, 0) is 0 Å². The maximum Gasteiger partial charge on any atom is 0.137 e. The second-order valence-electron chi connectivity index (χ2n) is 4.78. The highest BCUT2D eigenvalue weighted by molar-refractivity contribution is 5.45. The number of aryl methyl sites for hydroxylation is 1. The van der Waals surface area contributed by atoms with Gasteiger partial charge in [0.1, 0.15) is 17.9 Å². The lowest BCUT2D eigenvalue weighted by Gasteiger charge is -2.27. The molecule has 3 nitrogen and oxygen atoms in total. The van der Waals surface area contributed by atoms with Crippen molar-refractivity contribution < 1.29 is 4.74 Å². The number of ether oxygens (including phenoxy) is 1. The summed E-state index contributed by atoms with van der Waals surface area (Å²) in [6.45, 7) is 2.00. The predicted molar refractivity (Wildman–Crippen MR) is 66.8 cm³/mol. The lowest BCUT2D eigenvalue weighted by Crippen LogP contribution is -2.33. The summed E-state index contributed by atoms with van der Waals surface area (Å²) >= 11 is 0. The van der Waals surface area contributed by atoms with Crippen molar-refractivity contribution in [1.29, 1.82) is 5.26 Å². The van der Waals surface area contributed by atoms with E-state index in [2.05, 4.69) is 6.07 Å². The summed E-state index contributed by atoms with van der Waals surface area (Å²) in [4.78, 5) is 0. The number of rotatable bonds is 2. The number of hydrogen-bond donors (Lipinski definition) is 1. The average Bonchev–Trinajstić information content (AvgIpc) is 2.29. The molecular weight excluding hydrogens is 212 g/mol. The van der Waals surface area contributed by atoms with Gasteiger partial charge < -0.3 is 10.5 Å². The summed E-state index contributed by atoms with van der Waals surface area (Å²) in [5.74, 6) is 0.701. The third kappa shape index (κ3) is 2.98. The first-order valence-electron chi connectivity index (χ1n) is 6.12. The highest BCUT2D eigenvalue weighted by atomic mass is 16.5. The summed E-state index contributed by atoms with van der Waals surface area (Å²) in [6.07, 6.45) is 4.27.